The topological polar surface area (TPSA) is 51.5 Å². The maximum atomic E-state index is 12.4. The zero-order chi connectivity index (χ0) is 18.5. The fourth-order valence-electron chi connectivity index (χ4n) is 2.61. The Morgan fingerprint density at radius 2 is 1.81 bits per heavy atom. The number of furan rings is 1. The van der Waals surface area contributed by atoms with E-state index in [4.69, 9.17) is 9.15 Å². The molecule has 0 saturated carbocycles. The van der Waals surface area contributed by atoms with E-state index in [1.807, 2.05) is 56.3 Å². The average Bonchev–Trinajstić information content (AvgIpc) is 3.12. The van der Waals surface area contributed by atoms with E-state index in [9.17, 15) is 4.79 Å². The molecule has 134 valence electrons. The molecule has 4 heteroatoms. The van der Waals surface area contributed by atoms with Crippen LogP contribution in [0.2, 0.25) is 0 Å². The minimum atomic E-state index is -0.266. The van der Waals surface area contributed by atoms with Gasteiger partial charge in [0.25, 0.3) is 5.91 Å². The van der Waals surface area contributed by atoms with Crippen molar-refractivity contribution in [3.8, 4) is 5.75 Å². The lowest BCUT2D eigenvalue weighted by Gasteiger charge is -2.08. The van der Waals surface area contributed by atoms with Gasteiger partial charge in [-0.3, -0.25) is 4.79 Å². The van der Waals surface area contributed by atoms with Gasteiger partial charge < -0.3 is 14.5 Å². The Bertz CT molecular complexity index is 894. The predicted molar refractivity (Wildman–Crippen MR) is 103 cm³/mol. The highest BCUT2D eigenvalue weighted by Crippen LogP contribution is 2.19. The van der Waals surface area contributed by atoms with Gasteiger partial charge in [-0.1, -0.05) is 31.2 Å². The van der Waals surface area contributed by atoms with Crippen LogP contribution in [-0.2, 0) is 13.0 Å². The van der Waals surface area contributed by atoms with E-state index in [1.54, 1.807) is 12.1 Å². The number of amides is 1. The van der Waals surface area contributed by atoms with Crippen molar-refractivity contribution in [2.75, 3.05) is 5.32 Å². The third kappa shape index (κ3) is 4.33. The highest BCUT2D eigenvalue weighted by Gasteiger charge is 2.13. The monoisotopic (exact) mass is 349 g/mol. The Hall–Kier alpha value is -3.01. The van der Waals surface area contributed by atoms with Gasteiger partial charge in [-0.05, 0) is 67.3 Å². The summed E-state index contributed by atoms with van der Waals surface area (Å²) >= 11 is 0. The Kier molecular flexibility index (Phi) is 5.42. The van der Waals surface area contributed by atoms with E-state index < -0.39 is 0 Å². The Balaban J connectivity index is 1.61. The molecule has 1 aromatic heterocycles. The quantitative estimate of drug-likeness (QED) is 0.658. The second-order valence-corrected chi connectivity index (χ2v) is 6.32. The number of carbonyl (C=O) groups excluding carboxylic acids is 1. The van der Waals surface area contributed by atoms with Crippen LogP contribution in [0.4, 0.5) is 5.69 Å². The summed E-state index contributed by atoms with van der Waals surface area (Å²) in [5.74, 6) is 1.39. The highest BCUT2D eigenvalue weighted by atomic mass is 16.5. The lowest BCUT2D eigenvalue weighted by Crippen LogP contribution is -2.12. The molecule has 4 nitrogen and oxygen atoms in total. The van der Waals surface area contributed by atoms with Gasteiger partial charge in [0.05, 0.1) is 0 Å². The minimum absolute atomic E-state index is 0.266. The zero-order valence-corrected chi connectivity index (χ0v) is 15.3. The molecule has 0 bridgehead atoms. The van der Waals surface area contributed by atoms with Crippen molar-refractivity contribution in [3.05, 3.63) is 82.8 Å². The van der Waals surface area contributed by atoms with E-state index in [2.05, 4.69) is 12.2 Å². The van der Waals surface area contributed by atoms with Crippen LogP contribution in [0, 0.1) is 13.8 Å². The van der Waals surface area contributed by atoms with Gasteiger partial charge in [0.15, 0.2) is 5.76 Å². The molecule has 0 fully saturated rings. The van der Waals surface area contributed by atoms with Crippen molar-refractivity contribution >= 4 is 11.6 Å². The third-order valence-electron chi connectivity index (χ3n) is 4.24. The maximum absolute atomic E-state index is 12.4. The van der Waals surface area contributed by atoms with Crippen molar-refractivity contribution in [1.82, 2.24) is 0 Å². The number of benzene rings is 2. The third-order valence-corrected chi connectivity index (χ3v) is 4.24. The first-order chi connectivity index (χ1) is 12.5. The number of carbonyl (C=O) groups is 1. The van der Waals surface area contributed by atoms with Crippen LogP contribution in [0.3, 0.4) is 0 Å². The van der Waals surface area contributed by atoms with Crippen LogP contribution in [0.15, 0.2) is 59.0 Å². The van der Waals surface area contributed by atoms with E-state index in [1.165, 1.54) is 5.56 Å². The first-order valence-electron chi connectivity index (χ1n) is 8.74. The first-order valence-corrected chi connectivity index (χ1v) is 8.74. The first kappa shape index (κ1) is 17.8. The molecule has 0 aliphatic carbocycles. The van der Waals surface area contributed by atoms with Gasteiger partial charge in [-0.15, -0.1) is 0 Å². The van der Waals surface area contributed by atoms with Crippen LogP contribution in [0.1, 0.15) is 39.9 Å². The molecule has 1 N–H and O–H groups in total. The van der Waals surface area contributed by atoms with Crippen molar-refractivity contribution in [3.63, 3.8) is 0 Å². The molecule has 0 aliphatic heterocycles. The van der Waals surface area contributed by atoms with Gasteiger partial charge in [-0.25, -0.2) is 0 Å². The molecule has 1 amide bonds. The summed E-state index contributed by atoms with van der Waals surface area (Å²) in [7, 11) is 0. The molecular formula is C22H23NO3. The molecule has 3 aromatic rings. The molecular weight excluding hydrogens is 326 g/mol. The van der Waals surface area contributed by atoms with Crippen LogP contribution in [0.25, 0.3) is 0 Å². The minimum Gasteiger partial charge on any atom is -0.486 e. The van der Waals surface area contributed by atoms with Crippen molar-refractivity contribution in [2.45, 2.75) is 33.8 Å². The molecule has 1 heterocycles. The molecule has 0 atom stereocenters. The largest absolute Gasteiger partial charge is 0.486 e. The van der Waals surface area contributed by atoms with Gasteiger partial charge in [0, 0.05) is 5.69 Å². The van der Waals surface area contributed by atoms with Crippen LogP contribution in [0.5, 0.6) is 5.75 Å². The number of aryl methyl sites for hydroxylation is 3. The second kappa shape index (κ2) is 7.91. The second-order valence-electron chi connectivity index (χ2n) is 6.32. The standard InChI is InChI=1S/C22H23NO3/c1-4-17-7-9-18(10-8-17)25-14-19-11-12-21(26-19)22(24)23-20-13-15(2)5-6-16(20)3/h5-13H,4,14H2,1-3H3,(H,23,24). The summed E-state index contributed by atoms with van der Waals surface area (Å²) in [5, 5.41) is 2.89. The molecule has 0 saturated heterocycles. The Labute approximate surface area is 153 Å². The number of ether oxygens (including phenoxy) is 1. The number of nitrogens with one attached hydrogen (secondary N) is 1. The summed E-state index contributed by atoms with van der Waals surface area (Å²) in [6.07, 6.45) is 0.997. The molecule has 0 unspecified atom stereocenters. The lowest BCUT2D eigenvalue weighted by atomic mass is 10.1. The summed E-state index contributed by atoms with van der Waals surface area (Å²) in [5.41, 5.74) is 4.16. The Morgan fingerprint density at radius 1 is 1.04 bits per heavy atom. The SMILES string of the molecule is CCc1ccc(OCc2ccc(C(=O)Nc3cc(C)ccc3C)o2)cc1. The summed E-state index contributed by atoms with van der Waals surface area (Å²) in [6.45, 7) is 6.34. The summed E-state index contributed by atoms with van der Waals surface area (Å²) in [4.78, 5) is 12.4. The molecule has 2 aromatic carbocycles. The predicted octanol–water partition coefficient (Wildman–Crippen LogP) is 5.29. The van der Waals surface area contributed by atoms with E-state index in [0.29, 0.717) is 5.76 Å². The lowest BCUT2D eigenvalue weighted by molar-refractivity contribution is 0.0992. The van der Waals surface area contributed by atoms with Crippen LogP contribution < -0.4 is 10.1 Å². The zero-order valence-electron chi connectivity index (χ0n) is 15.3. The van der Waals surface area contributed by atoms with E-state index >= 15 is 0 Å². The Morgan fingerprint density at radius 3 is 2.54 bits per heavy atom. The number of anilines is 1. The molecule has 3 rings (SSSR count). The number of rotatable bonds is 6. The fraction of sp³-hybridized carbons (Fsp3) is 0.227. The van der Waals surface area contributed by atoms with Gasteiger partial charge in [0.1, 0.15) is 18.1 Å². The van der Waals surface area contributed by atoms with Gasteiger partial charge in [0.2, 0.25) is 0 Å². The summed E-state index contributed by atoms with van der Waals surface area (Å²) in [6, 6.07) is 17.3. The fourth-order valence-corrected chi connectivity index (χ4v) is 2.61. The smallest absolute Gasteiger partial charge is 0.291 e. The molecule has 26 heavy (non-hydrogen) atoms. The summed E-state index contributed by atoms with van der Waals surface area (Å²) < 4.78 is 11.3. The highest BCUT2D eigenvalue weighted by molar-refractivity contribution is 6.02. The maximum Gasteiger partial charge on any atom is 0.291 e. The molecule has 0 radical (unpaired) electrons. The average molecular weight is 349 g/mol. The van der Waals surface area contributed by atoms with Crippen LogP contribution >= 0.6 is 0 Å². The molecule has 0 aliphatic rings. The van der Waals surface area contributed by atoms with Crippen molar-refractivity contribution in [2.24, 2.45) is 0 Å². The number of hydrogen-bond donors (Lipinski definition) is 1. The molecule has 0 spiro atoms. The van der Waals surface area contributed by atoms with Crippen LogP contribution in [-0.4, -0.2) is 5.91 Å². The normalized spacial score (nSPS) is 10.6. The number of hydrogen-bond acceptors (Lipinski definition) is 3. The van der Waals surface area contributed by atoms with Gasteiger partial charge >= 0.3 is 0 Å². The van der Waals surface area contributed by atoms with E-state index in [-0.39, 0.29) is 18.3 Å². The van der Waals surface area contributed by atoms with Gasteiger partial charge in [-0.2, -0.15) is 0 Å². The van der Waals surface area contributed by atoms with Crippen molar-refractivity contribution in [1.29, 1.82) is 0 Å². The van der Waals surface area contributed by atoms with Crippen molar-refractivity contribution < 1.29 is 13.9 Å². The van der Waals surface area contributed by atoms with E-state index in [0.717, 1.165) is 29.0 Å².